The van der Waals surface area contributed by atoms with Gasteiger partial charge in [-0.15, -0.1) is 0 Å². The Bertz CT molecular complexity index is 584. The third-order valence-electron chi connectivity index (χ3n) is 4.64. The van der Waals surface area contributed by atoms with E-state index in [9.17, 15) is 0 Å². The monoisotopic (exact) mass is 265 g/mol. The molecule has 20 heavy (non-hydrogen) atoms. The van der Waals surface area contributed by atoms with Crippen molar-refractivity contribution in [1.29, 1.82) is 0 Å². The average Bonchev–Trinajstić information content (AvgIpc) is 2.45. The van der Waals surface area contributed by atoms with Gasteiger partial charge in [0.05, 0.1) is 0 Å². The van der Waals surface area contributed by atoms with E-state index in [1.54, 1.807) is 0 Å². The first-order chi connectivity index (χ1) is 9.79. The minimum Gasteiger partial charge on any atom is -0.313 e. The molecule has 1 atom stereocenters. The lowest BCUT2D eigenvalue weighted by atomic mass is 9.77. The molecule has 0 heterocycles. The molecule has 0 bridgehead atoms. The lowest BCUT2D eigenvalue weighted by Crippen LogP contribution is -2.12. The van der Waals surface area contributed by atoms with Crippen LogP contribution in [0.3, 0.4) is 0 Å². The van der Waals surface area contributed by atoms with E-state index >= 15 is 0 Å². The van der Waals surface area contributed by atoms with Gasteiger partial charge in [-0.1, -0.05) is 48.9 Å². The van der Waals surface area contributed by atoms with Gasteiger partial charge in [0.2, 0.25) is 0 Å². The third kappa shape index (κ3) is 2.51. The maximum absolute atomic E-state index is 3.32. The highest BCUT2D eigenvalue weighted by molar-refractivity contribution is 5.69. The van der Waals surface area contributed by atoms with E-state index in [-0.39, 0.29) is 0 Å². The lowest BCUT2D eigenvalue weighted by molar-refractivity contribution is 0.420. The second-order valence-electron chi connectivity index (χ2n) is 5.85. The molecule has 1 N–H and O–H groups in total. The summed E-state index contributed by atoms with van der Waals surface area (Å²) in [7, 11) is 2.01. The van der Waals surface area contributed by atoms with Crippen LogP contribution in [-0.4, -0.2) is 7.05 Å². The van der Waals surface area contributed by atoms with E-state index in [1.807, 2.05) is 7.05 Å². The van der Waals surface area contributed by atoms with Crippen LogP contribution < -0.4 is 5.32 Å². The number of rotatable bonds is 4. The molecule has 1 aliphatic rings. The molecule has 0 spiro atoms. The molecule has 0 aromatic heterocycles. The fourth-order valence-corrected chi connectivity index (χ4v) is 2.98. The zero-order valence-corrected chi connectivity index (χ0v) is 12.4. The fraction of sp³-hybridized carbons (Fsp3) is 0.368. The molecule has 0 amide bonds. The summed E-state index contributed by atoms with van der Waals surface area (Å²) in [6, 6.07) is 18.3. The smallest absolute Gasteiger partial charge is 0.0289 e. The summed E-state index contributed by atoms with van der Waals surface area (Å²) in [6.07, 6.45) is 4.09. The molecule has 1 fully saturated rings. The molecule has 1 aliphatic carbocycles. The Morgan fingerprint density at radius 1 is 1.05 bits per heavy atom. The van der Waals surface area contributed by atoms with Crippen LogP contribution in [0.1, 0.15) is 49.3 Å². The van der Waals surface area contributed by atoms with Crippen molar-refractivity contribution in [3.8, 4) is 11.1 Å². The van der Waals surface area contributed by atoms with E-state index in [1.165, 1.54) is 41.5 Å². The van der Waals surface area contributed by atoms with E-state index < -0.39 is 0 Å². The first-order valence-electron chi connectivity index (χ1n) is 7.66. The molecule has 1 saturated carbocycles. The van der Waals surface area contributed by atoms with Gasteiger partial charge in [0.15, 0.2) is 0 Å². The van der Waals surface area contributed by atoms with Crippen LogP contribution in [0.5, 0.6) is 0 Å². The molecule has 2 aromatic rings. The van der Waals surface area contributed by atoms with Crippen LogP contribution in [0.2, 0.25) is 0 Å². The lowest BCUT2D eigenvalue weighted by Gasteiger charge is -2.28. The standard InChI is InChI=1S/C19H23N/c1-14(20-2)16-9-6-10-17(13-16)19-12-4-3-11-18(19)15-7-5-8-15/h3-4,6,9-15,20H,5,7-8H2,1-2H3. The molecular weight excluding hydrogens is 242 g/mol. The zero-order valence-electron chi connectivity index (χ0n) is 12.4. The largest absolute Gasteiger partial charge is 0.313 e. The maximum atomic E-state index is 3.32. The third-order valence-corrected chi connectivity index (χ3v) is 4.64. The van der Waals surface area contributed by atoms with Crippen molar-refractivity contribution in [3.05, 3.63) is 59.7 Å². The quantitative estimate of drug-likeness (QED) is 0.829. The highest BCUT2D eigenvalue weighted by atomic mass is 14.8. The molecule has 2 aromatic carbocycles. The number of hydrogen-bond acceptors (Lipinski definition) is 1. The Kier molecular flexibility index (Phi) is 3.88. The van der Waals surface area contributed by atoms with Crippen LogP contribution in [0.4, 0.5) is 0 Å². The van der Waals surface area contributed by atoms with Crippen LogP contribution in [-0.2, 0) is 0 Å². The summed E-state index contributed by atoms with van der Waals surface area (Å²) in [5, 5.41) is 3.32. The molecule has 104 valence electrons. The van der Waals surface area contributed by atoms with Crippen molar-refractivity contribution < 1.29 is 0 Å². The predicted octanol–water partition coefficient (Wildman–Crippen LogP) is 4.90. The number of benzene rings is 2. The normalized spacial score (nSPS) is 16.7. The summed E-state index contributed by atoms with van der Waals surface area (Å²) in [6.45, 7) is 2.21. The van der Waals surface area contributed by atoms with Crippen molar-refractivity contribution >= 4 is 0 Å². The van der Waals surface area contributed by atoms with Gasteiger partial charge in [0.1, 0.15) is 0 Å². The SMILES string of the molecule is CNC(C)c1cccc(-c2ccccc2C2CCC2)c1. The Morgan fingerprint density at radius 2 is 1.85 bits per heavy atom. The van der Waals surface area contributed by atoms with E-state index in [0.29, 0.717) is 6.04 Å². The topological polar surface area (TPSA) is 12.0 Å². The Labute approximate surface area is 122 Å². The zero-order chi connectivity index (χ0) is 13.9. The van der Waals surface area contributed by atoms with Crippen LogP contribution >= 0.6 is 0 Å². The molecule has 0 saturated heterocycles. The van der Waals surface area contributed by atoms with E-state index in [0.717, 1.165) is 5.92 Å². The van der Waals surface area contributed by atoms with Crippen molar-refractivity contribution in [2.24, 2.45) is 0 Å². The molecule has 1 nitrogen and oxygen atoms in total. The van der Waals surface area contributed by atoms with Crippen molar-refractivity contribution in [3.63, 3.8) is 0 Å². The van der Waals surface area contributed by atoms with Gasteiger partial charge < -0.3 is 5.32 Å². The van der Waals surface area contributed by atoms with Crippen LogP contribution in [0.15, 0.2) is 48.5 Å². The van der Waals surface area contributed by atoms with Crippen molar-refractivity contribution in [2.45, 2.75) is 38.1 Å². The molecule has 3 rings (SSSR count). The van der Waals surface area contributed by atoms with E-state index in [4.69, 9.17) is 0 Å². The van der Waals surface area contributed by atoms with Gasteiger partial charge in [-0.05, 0) is 61.1 Å². The van der Waals surface area contributed by atoms with Gasteiger partial charge in [0, 0.05) is 6.04 Å². The Balaban J connectivity index is 2.00. The summed E-state index contributed by atoms with van der Waals surface area (Å²) in [5.74, 6) is 0.775. The fourth-order valence-electron chi connectivity index (χ4n) is 2.98. The van der Waals surface area contributed by atoms with Gasteiger partial charge in [0.25, 0.3) is 0 Å². The van der Waals surface area contributed by atoms with Crippen LogP contribution in [0, 0.1) is 0 Å². The minimum atomic E-state index is 0.394. The van der Waals surface area contributed by atoms with Crippen molar-refractivity contribution in [2.75, 3.05) is 7.05 Å². The van der Waals surface area contributed by atoms with Gasteiger partial charge in [-0.2, -0.15) is 0 Å². The van der Waals surface area contributed by atoms with Crippen molar-refractivity contribution in [1.82, 2.24) is 5.32 Å². The van der Waals surface area contributed by atoms with Crippen LogP contribution in [0.25, 0.3) is 11.1 Å². The Morgan fingerprint density at radius 3 is 2.55 bits per heavy atom. The number of hydrogen-bond donors (Lipinski definition) is 1. The molecule has 1 heteroatoms. The first kappa shape index (κ1) is 13.4. The molecule has 1 unspecified atom stereocenters. The summed E-state index contributed by atoms with van der Waals surface area (Å²) >= 11 is 0. The van der Waals surface area contributed by atoms with Gasteiger partial charge in [-0.25, -0.2) is 0 Å². The summed E-state index contributed by atoms with van der Waals surface area (Å²) in [5.41, 5.74) is 5.66. The number of nitrogens with one attached hydrogen (secondary N) is 1. The second-order valence-corrected chi connectivity index (χ2v) is 5.85. The van der Waals surface area contributed by atoms with E-state index in [2.05, 4.69) is 60.8 Å². The summed E-state index contributed by atoms with van der Waals surface area (Å²) in [4.78, 5) is 0. The minimum absolute atomic E-state index is 0.394. The highest BCUT2D eigenvalue weighted by Gasteiger charge is 2.22. The predicted molar refractivity (Wildman–Crippen MR) is 85.9 cm³/mol. The summed E-state index contributed by atoms with van der Waals surface area (Å²) < 4.78 is 0. The Hall–Kier alpha value is -1.60. The molecule has 0 radical (unpaired) electrons. The maximum Gasteiger partial charge on any atom is 0.0289 e. The molecular formula is C19H23N. The first-order valence-corrected chi connectivity index (χ1v) is 7.66. The second kappa shape index (κ2) is 5.80. The molecule has 0 aliphatic heterocycles. The highest BCUT2D eigenvalue weighted by Crippen LogP contribution is 2.41. The van der Waals surface area contributed by atoms with Gasteiger partial charge in [-0.3, -0.25) is 0 Å². The van der Waals surface area contributed by atoms with Gasteiger partial charge >= 0.3 is 0 Å². The average molecular weight is 265 g/mol.